The summed E-state index contributed by atoms with van der Waals surface area (Å²) in [6, 6.07) is 17.6. The van der Waals surface area contributed by atoms with E-state index in [1.54, 1.807) is 0 Å². The lowest BCUT2D eigenvalue weighted by Crippen LogP contribution is -2.65. The highest BCUT2D eigenvalue weighted by atomic mass is 35.6. The number of carbonyl (C=O) groups excluding carboxylic acids is 1. The van der Waals surface area contributed by atoms with E-state index in [1.807, 2.05) is 60.7 Å². The van der Waals surface area contributed by atoms with Crippen LogP contribution in [-0.2, 0) is 32.2 Å². The Morgan fingerprint density at radius 3 is 2.15 bits per heavy atom. The van der Waals surface area contributed by atoms with Gasteiger partial charge in [-0.3, -0.25) is 0 Å². The molecule has 8 nitrogen and oxygen atoms in total. The molecule has 1 aliphatic rings. The van der Waals surface area contributed by atoms with Crippen LogP contribution in [0.2, 0.25) is 0 Å². The fourth-order valence-corrected chi connectivity index (χ4v) is 3.55. The van der Waals surface area contributed by atoms with Crippen LogP contribution in [0.4, 0.5) is 4.79 Å². The first kappa shape index (κ1) is 27.0. The first-order chi connectivity index (χ1) is 16.2. The second-order valence-corrected chi connectivity index (χ2v) is 10.2. The molecule has 34 heavy (non-hydrogen) atoms. The number of aliphatic hydroxyl groups is 2. The van der Waals surface area contributed by atoms with Crippen molar-refractivity contribution in [3.8, 4) is 0 Å². The van der Waals surface area contributed by atoms with Gasteiger partial charge < -0.3 is 34.5 Å². The van der Waals surface area contributed by atoms with Gasteiger partial charge in [-0.2, -0.15) is 0 Å². The summed E-state index contributed by atoms with van der Waals surface area (Å²) >= 11 is 16.8. The normalized spacial score (nSPS) is 25.0. The molecule has 2 aromatic carbocycles. The van der Waals surface area contributed by atoms with Crippen molar-refractivity contribution in [2.45, 2.75) is 47.7 Å². The van der Waals surface area contributed by atoms with E-state index in [-0.39, 0.29) is 13.2 Å². The van der Waals surface area contributed by atoms with E-state index in [4.69, 9.17) is 53.8 Å². The number of alkyl carbamates (subject to hydrolysis) is 1. The second kappa shape index (κ2) is 12.9. The quantitative estimate of drug-likeness (QED) is 0.424. The minimum Gasteiger partial charge on any atom is -0.445 e. The molecule has 0 spiro atoms. The minimum absolute atomic E-state index is 0.0112. The van der Waals surface area contributed by atoms with Crippen LogP contribution in [0.15, 0.2) is 60.7 Å². The SMILES string of the molecule is O=C(N[C@@H]1[C@@H](OCc2ccccc2)[C@H](O)[C@@H](COCc2ccccc2)O[C@@H]1O)OCC(Cl)(Cl)Cl. The Bertz CT molecular complexity index is 885. The molecule has 186 valence electrons. The summed E-state index contributed by atoms with van der Waals surface area (Å²) in [7, 11) is 0. The summed E-state index contributed by atoms with van der Waals surface area (Å²) < 4.78 is 20.2. The van der Waals surface area contributed by atoms with Crippen LogP contribution in [0.1, 0.15) is 11.1 Å². The number of hydrogen-bond acceptors (Lipinski definition) is 7. The Labute approximate surface area is 212 Å². The summed E-state index contributed by atoms with van der Waals surface area (Å²) in [6.07, 6.45) is -5.68. The van der Waals surface area contributed by atoms with Gasteiger partial charge in [-0.25, -0.2) is 4.79 Å². The maximum Gasteiger partial charge on any atom is 0.407 e. The number of halogens is 3. The van der Waals surface area contributed by atoms with Crippen molar-refractivity contribution >= 4 is 40.9 Å². The zero-order valence-corrected chi connectivity index (χ0v) is 20.3. The third-order valence-electron chi connectivity index (χ3n) is 5.02. The first-order valence-electron chi connectivity index (χ1n) is 10.5. The predicted molar refractivity (Wildman–Crippen MR) is 127 cm³/mol. The van der Waals surface area contributed by atoms with Crippen molar-refractivity contribution in [3.05, 3.63) is 71.8 Å². The minimum atomic E-state index is -1.80. The first-order valence-corrected chi connectivity index (χ1v) is 11.6. The number of carbonyl (C=O) groups is 1. The molecule has 2 aromatic rings. The summed E-state index contributed by atoms with van der Waals surface area (Å²) in [4.78, 5) is 12.2. The topological polar surface area (TPSA) is 106 Å². The molecule has 11 heteroatoms. The fraction of sp³-hybridized carbons (Fsp3) is 0.435. The molecular formula is C23H26Cl3NO7. The van der Waals surface area contributed by atoms with Crippen molar-refractivity contribution in [3.63, 3.8) is 0 Å². The second-order valence-electron chi connectivity index (χ2n) is 7.68. The maximum absolute atomic E-state index is 12.2. The highest BCUT2D eigenvalue weighted by Crippen LogP contribution is 2.27. The van der Waals surface area contributed by atoms with Crippen LogP contribution in [0, 0.1) is 0 Å². The molecule has 5 atom stereocenters. The molecule has 0 bridgehead atoms. The summed E-state index contributed by atoms with van der Waals surface area (Å²) in [5.41, 5.74) is 1.78. The predicted octanol–water partition coefficient (Wildman–Crippen LogP) is 3.33. The lowest BCUT2D eigenvalue weighted by atomic mass is 9.96. The summed E-state index contributed by atoms with van der Waals surface area (Å²) in [6.45, 7) is -0.109. The number of rotatable bonds is 9. The monoisotopic (exact) mass is 533 g/mol. The molecule has 1 aliphatic heterocycles. The Morgan fingerprint density at radius 2 is 1.56 bits per heavy atom. The lowest BCUT2D eigenvalue weighted by molar-refractivity contribution is -0.266. The molecule has 3 rings (SSSR count). The molecule has 0 radical (unpaired) electrons. The average molecular weight is 535 g/mol. The average Bonchev–Trinajstić information content (AvgIpc) is 2.81. The fourth-order valence-electron chi connectivity index (χ4n) is 3.38. The van der Waals surface area contributed by atoms with Crippen molar-refractivity contribution < 1.29 is 34.0 Å². The van der Waals surface area contributed by atoms with Crippen LogP contribution in [-0.4, -0.2) is 64.0 Å². The molecule has 1 heterocycles. The Kier molecular flexibility index (Phi) is 10.2. The van der Waals surface area contributed by atoms with Gasteiger partial charge in [-0.1, -0.05) is 95.5 Å². The molecule has 1 saturated heterocycles. The highest BCUT2D eigenvalue weighted by Gasteiger charge is 2.46. The lowest BCUT2D eigenvalue weighted by Gasteiger charge is -2.42. The maximum atomic E-state index is 12.2. The molecular weight excluding hydrogens is 509 g/mol. The molecule has 3 N–H and O–H groups in total. The van der Waals surface area contributed by atoms with Crippen LogP contribution in [0.5, 0.6) is 0 Å². The Morgan fingerprint density at radius 1 is 0.971 bits per heavy atom. The smallest absolute Gasteiger partial charge is 0.407 e. The number of alkyl halides is 3. The third kappa shape index (κ3) is 8.55. The van der Waals surface area contributed by atoms with E-state index in [1.165, 1.54) is 0 Å². The van der Waals surface area contributed by atoms with E-state index in [2.05, 4.69) is 5.32 Å². The molecule has 0 unspecified atom stereocenters. The van der Waals surface area contributed by atoms with E-state index >= 15 is 0 Å². The van der Waals surface area contributed by atoms with Gasteiger partial charge in [0.05, 0.1) is 19.8 Å². The van der Waals surface area contributed by atoms with E-state index in [0.29, 0.717) is 6.61 Å². The van der Waals surface area contributed by atoms with Crippen LogP contribution in [0.3, 0.4) is 0 Å². The third-order valence-corrected chi connectivity index (χ3v) is 5.35. The van der Waals surface area contributed by atoms with E-state index in [0.717, 1.165) is 11.1 Å². The van der Waals surface area contributed by atoms with Gasteiger partial charge in [0.1, 0.15) is 31.0 Å². The zero-order chi connectivity index (χ0) is 24.6. The van der Waals surface area contributed by atoms with Crippen molar-refractivity contribution in [1.29, 1.82) is 0 Å². The molecule has 0 aromatic heterocycles. The number of ether oxygens (including phenoxy) is 4. The van der Waals surface area contributed by atoms with Crippen LogP contribution in [0.25, 0.3) is 0 Å². The summed E-state index contributed by atoms with van der Waals surface area (Å²) in [5, 5.41) is 24.0. The number of hydrogen-bond donors (Lipinski definition) is 3. The Balaban J connectivity index is 1.65. The van der Waals surface area contributed by atoms with Gasteiger partial charge >= 0.3 is 6.09 Å². The highest BCUT2D eigenvalue weighted by molar-refractivity contribution is 6.67. The van der Waals surface area contributed by atoms with Gasteiger partial charge in [0.2, 0.25) is 3.79 Å². The summed E-state index contributed by atoms with van der Waals surface area (Å²) in [5.74, 6) is 0. The zero-order valence-electron chi connectivity index (χ0n) is 18.1. The van der Waals surface area contributed by atoms with E-state index < -0.39 is 47.1 Å². The van der Waals surface area contributed by atoms with Gasteiger partial charge in [0.25, 0.3) is 0 Å². The molecule has 0 saturated carbocycles. The van der Waals surface area contributed by atoms with Crippen LogP contribution >= 0.6 is 34.8 Å². The van der Waals surface area contributed by atoms with Crippen molar-refractivity contribution in [2.75, 3.05) is 13.2 Å². The van der Waals surface area contributed by atoms with Crippen molar-refractivity contribution in [2.24, 2.45) is 0 Å². The van der Waals surface area contributed by atoms with Crippen molar-refractivity contribution in [1.82, 2.24) is 5.32 Å². The van der Waals surface area contributed by atoms with Gasteiger partial charge in [-0.15, -0.1) is 0 Å². The van der Waals surface area contributed by atoms with Gasteiger partial charge in [0.15, 0.2) is 6.29 Å². The number of benzene rings is 2. The van der Waals surface area contributed by atoms with Gasteiger partial charge in [0, 0.05) is 0 Å². The number of nitrogens with one attached hydrogen (secondary N) is 1. The van der Waals surface area contributed by atoms with E-state index in [9.17, 15) is 15.0 Å². The standard InChI is InChI=1S/C23H26Cl3NO7/c24-23(25,26)14-33-22(30)27-18-20(32-12-16-9-5-2-6-10-16)19(28)17(34-21(18)29)13-31-11-15-7-3-1-4-8-15/h1-10,17-21,28-29H,11-14H2,(H,27,30)/t17-,18-,19-,20-,21+/m1/s1. The molecule has 0 aliphatic carbocycles. The Hall–Kier alpha value is -1.62. The molecule has 1 amide bonds. The number of amides is 1. The largest absolute Gasteiger partial charge is 0.445 e. The van der Waals surface area contributed by atoms with Gasteiger partial charge in [-0.05, 0) is 11.1 Å². The molecule has 1 fully saturated rings. The number of aliphatic hydroxyl groups excluding tert-OH is 2. The van der Waals surface area contributed by atoms with Crippen LogP contribution < -0.4 is 5.32 Å².